The van der Waals surface area contributed by atoms with E-state index in [0.29, 0.717) is 17.8 Å². The number of rotatable bonds is 7. The summed E-state index contributed by atoms with van der Waals surface area (Å²) in [5, 5.41) is 6.44. The van der Waals surface area contributed by atoms with Gasteiger partial charge >= 0.3 is 6.18 Å². The fraction of sp³-hybridized carbons (Fsp3) is 0.360. The van der Waals surface area contributed by atoms with Crippen LogP contribution in [0.4, 0.5) is 24.5 Å². The first-order valence-corrected chi connectivity index (χ1v) is 12.1. The fourth-order valence-corrected chi connectivity index (χ4v) is 4.96. The molecule has 1 amide bonds. The van der Waals surface area contributed by atoms with Gasteiger partial charge in [0.05, 0.1) is 11.1 Å². The van der Waals surface area contributed by atoms with E-state index in [4.69, 9.17) is 0 Å². The van der Waals surface area contributed by atoms with Gasteiger partial charge in [-0.3, -0.25) is 9.78 Å². The number of alkyl halides is 3. The maximum absolute atomic E-state index is 13.0. The lowest BCUT2D eigenvalue weighted by Gasteiger charge is -2.35. The third-order valence-corrected chi connectivity index (χ3v) is 6.73. The van der Waals surface area contributed by atoms with Crippen LogP contribution in [-0.2, 0) is 12.6 Å². The van der Waals surface area contributed by atoms with Crippen LogP contribution in [0.15, 0.2) is 60.2 Å². The van der Waals surface area contributed by atoms with Crippen molar-refractivity contribution < 1.29 is 18.0 Å². The molecule has 0 unspecified atom stereocenters. The van der Waals surface area contributed by atoms with Crippen molar-refractivity contribution in [2.45, 2.75) is 44.4 Å². The molecule has 2 N–H and O–H groups in total. The summed E-state index contributed by atoms with van der Waals surface area (Å²) >= 11 is 1.68. The molecular formula is C25H27F3N4OS. The highest BCUT2D eigenvalue weighted by molar-refractivity contribution is 7.09. The van der Waals surface area contributed by atoms with Crippen molar-refractivity contribution in [3.8, 4) is 0 Å². The number of hydrogen-bond acceptors (Lipinski definition) is 5. The third kappa shape index (κ3) is 6.36. The molecule has 1 fully saturated rings. The van der Waals surface area contributed by atoms with Gasteiger partial charge in [0.1, 0.15) is 0 Å². The van der Waals surface area contributed by atoms with Crippen molar-refractivity contribution in [3.63, 3.8) is 0 Å². The highest BCUT2D eigenvalue weighted by atomic mass is 32.1. The van der Waals surface area contributed by atoms with Gasteiger partial charge in [0.15, 0.2) is 0 Å². The number of amides is 1. The van der Waals surface area contributed by atoms with Gasteiger partial charge in [-0.05, 0) is 62.6 Å². The lowest BCUT2D eigenvalue weighted by atomic mass is 10.0. The average molecular weight is 489 g/mol. The van der Waals surface area contributed by atoms with Crippen LogP contribution in [0, 0.1) is 0 Å². The molecule has 34 heavy (non-hydrogen) atoms. The Morgan fingerprint density at radius 3 is 2.65 bits per heavy atom. The molecule has 0 aliphatic carbocycles. The van der Waals surface area contributed by atoms with Crippen molar-refractivity contribution in [2.75, 3.05) is 23.3 Å². The number of nitrogens with one attached hydrogen (secondary N) is 2. The summed E-state index contributed by atoms with van der Waals surface area (Å²) in [7, 11) is 0. The van der Waals surface area contributed by atoms with Gasteiger partial charge in [0, 0.05) is 53.2 Å². The summed E-state index contributed by atoms with van der Waals surface area (Å²) in [4.78, 5) is 20.2. The molecule has 2 aromatic carbocycles. The van der Waals surface area contributed by atoms with Crippen LogP contribution < -0.4 is 15.5 Å². The van der Waals surface area contributed by atoms with E-state index in [9.17, 15) is 18.0 Å². The summed E-state index contributed by atoms with van der Waals surface area (Å²) < 4.78 is 38.9. The zero-order valence-electron chi connectivity index (χ0n) is 18.8. The number of nitrogens with zero attached hydrogens (tertiary/aromatic N) is 2. The van der Waals surface area contributed by atoms with Gasteiger partial charge in [-0.15, -0.1) is 11.3 Å². The lowest BCUT2D eigenvalue weighted by Crippen LogP contribution is -2.46. The van der Waals surface area contributed by atoms with Crippen molar-refractivity contribution in [3.05, 3.63) is 76.2 Å². The van der Waals surface area contributed by atoms with E-state index in [0.717, 1.165) is 50.2 Å². The molecule has 3 aromatic rings. The molecule has 0 bridgehead atoms. The molecule has 1 aliphatic rings. The summed E-state index contributed by atoms with van der Waals surface area (Å²) in [5.41, 5.74) is 2.53. The van der Waals surface area contributed by atoms with E-state index >= 15 is 0 Å². The highest BCUT2D eigenvalue weighted by Gasteiger charge is 2.31. The predicted octanol–water partition coefficient (Wildman–Crippen LogP) is 5.60. The quantitative estimate of drug-likeness (QED) is 0.454. The van der Waals surface area contributed by atoms with E-state index < -0.39 is 17.6 Å². The number of anilines is 2. The van der Waals surface area contributed by atoms with Crippen LogP contribution in [0.5, 0.6) is 0 Å². The van der Waals surface area contributed by atoms with Crippen LogP contribution in [0.3, 0.4) is 0 Å². The number of hydrogen-bond donors (Lipinski definition) is 2. The minimum atomic E-state index is -4.49. The van der Waals surface area contributed by atoms with Gasteiger partial charge in [-0.1, -0.05) is 12.1 Å². The molecule has 5 nitrogen and oxygen atoms in total. The molecule has 1 atom stereocenters. The highest BCUT2D eigenvalue weighted by Crippen LogP contribution is 2.30. The number of halogens is 3. The Hall–Kier alpha value is -2.91. The Bertz CT molecular complexity index is 1100. The number of carbonyl (C=O) groups excluding carboxylic acids is 1. The second-order valence-electron chi connectivity index (χ2n) is 8.58. The molecule has 1 aromatic heterocycles. The van der Waals surface area contributed by atoms with Crippen molar-refractivity contribution in [2.24, 2.45) is 0 Å². The Labute approximate surface area is 201 Å². The minimum Gasteiger partial charge on any atom is -0.371 e. The Morgan fingerprint density at radius 1 is 1.18 bits per heavy atom. The van der Waals surface area contributed by atoms with Crippen molar-refractivity contribution in [1.82, 2.24) is 10.3 Å². The SMILES string of the molecule is C[C@H](Cc1cncs1)NC1CCN(c2cccc(NC(=O)c3cccc(C(F)(F)F)c3)c2)CC1. The molecule has 2 heterocycles. The first-order valence-electron chi connectivity index (χ1n) is 11.2. The maximum Gasteiger partial charge on any atom is 0.416 e. The van der Waals surface area contributed by atoms with Crippen LogP contribution in [0.25, 0.3) is 0 Å². The van der Waals surface area contributed by atoms with E-state index in [1.165, 1.54) is 17.0 Å². The topological polar surface area (TPSA) is 57.3 Å². The monoisotopic (exact) mass is 488 g/mol. The smallest absolute Gasteiger partial charge is 0.371 e. The molecule has 4 rings (SSSR count). The summed E-state index contributed by atoms with van der Waals surface area (Å²) in [6, 6.07) is 12.7. The number of benzene rings is 2. The average Bonchev–Trinajstić information content (AvgIpc) is 3.32. The Balaban J connectivity index is 1.32. The van der Waals surface area contributed by atoms with E-state index in [1.54, 1.807) is 17.4 Å². The molecule has 180 valence electrons. The number of thiazole rings is 1. The van der Waals surface area contributed by atoms with Crippen LogP contribution in [0.1, 0.15) is 40.6 Å². The predicted molar refractivity (Wildman–Crippen MR) is 129 cm³/mol. The largest absolute Gasteiger partial charge is 0.416 e. The van der Waals surface area contributed by atoms with Crippen molar-refractivity contribution >= 4 is 28.6 Å². The lowest BCUT2D eigenvalue weighted by molar-refractivity contribution is -0.137. The number of carbonyl (C=O) groups is 1. The van der Waals surface area contributed by atoms with Gasteiger partial charge < -0.3 is 15.5 Å². The van der Waals surface area contributed by atoms with Gasteiger partial charge in [0.2, 0.25) is 0 Å². The molecule has 1 aliphatic heterocycles. The second-order valence-corrected chi connectivity index (χ2v) is 9.55. The second kappa shape index (κ2) is 10.6. The molecule has 1 saturated heterocycles. The number of aromatic nitrogens is 1. The van der Waals surface area contributed by atoms with Crippen LogP contribution in [0.2, 0.25) is 0 Å². The van der Waals surface area contributed by atoms with Crippen LogP contribution >= 0.6 is 11.3 Å². The first kappa shape index (κ1) is 24.2. The van der Waals surface area contributed by atoms with Gasteiger partial charge in [-0.25, -0.2) is 0 Å². The fourth-order valence-electron chi connectivity index (χ4n) is 4.23. The van der Waals surface area contributed by atoms with E-state index in [1.807, 2.05) is 29.9 Å². The van der Waals surface area contributed by atoms with E-state index in [-0.39, 0.29) is 5.56 Å². The van der Waals surface area contributed by atoms with Gasteiger partial charge in [0.25, 0.3) is 5.91 Å². The molecule has 0 radical (unpaired) electrons. The number of piperidine rings is 1. The zero-order chi connectivity index (χ0) is 24.1. The Kier molecular flexibility index (Phi) is 7.53. The third-order valence-electron chi connectivity index (χ3n) is 5.93. The normalized spacial score (nSPS) is 15.8. The first-order chi connectivity index (χ1) is 16.3. The summed E-state index contributed by atoms with van der Waals surface area (Å²) in [6.07, 6.45) is 0.417. The zero-order valence-corrected chi connectivity index (χ0v) is 19.6. The van der Waals surface area contributed by atoms with Crippen LogP contribution in [-0.4, -0.2) is 36.1 Å². The molecule has 9 heteroatoms. The Morgan fingerprint density at radius 2 is 1.94 bits per heavy atom. The minimum absolute atomic E-state index is 0.0282. The standard InChI is InChI=1S/C25H27F3N4OS/c1-17(12-23-15-29-16-34-23)30-20-8-10-32(11-9-20)22-7-3-6-21(14-22)31-24(33)18-4-2-5-19(13-18)25(26,27)28/h2-7,13-17,20,30H,8-12H2,1H3,(H,31,33)/t17-/m1/s1. The summed E-state index contributed by atoms with van der Waals surface area (Å²) in [6.45, 7) is 3.97. The summed E-state index contributed by atoms with van der Waals surface area (Å²) in [5.74, 6) is -0.568. The van der Waals surface area contributed by atoms with Gasteiger partial charge in [-0.2, -0.15) is 13.2 Å². The van der Waals surface area contributed by atoms with Crippen molar-refractivity contribution in [1.29, 1.82) is 0 Å². The maximum atomic E-state index is 13.0. The van der Waals surface area contributed by atoms with E-state index in [2.05, 4.69) is 27.4 Å². The molecule has 0 saturated carbocycles. The molecular weight excluding hydrogens is 461 g/mol. The molecule has 0 spiro atoms.